The minimum absolute atomic E-state index is 0.547. The summed E-state index contributed by atoms with van der Waals surface area (Å²) >= 11 is 0. The Morgan fingerprint density at radius 3 is 2.76 bits per heavy atom. The number of rotatable bonds is 5. The Balaban J connectivity index is 1.64. The van der Waals surface area contributed by atoms with E-state index >= 15 is 0 Å². The number of hydrogen-bond donors (Lipinski definition) is 2. The highest BCUT2D eigenvalue weighted by atomic mass is 16.3. The van der Waals surface area contributed by atoms with Gasteiger partial charge in [0, 0.05) is 12.1 Å². The molecule has 2 N–H and O–H groups in total. The maximum atomic E-state index is 5.32. The summed E-state index contributed by atoms with van der Waals surface area (Å²) in [5.41, 5.74) is 0. The zero-order valence-corrected chi connectivity index (χ0v) is 12.4. The van der Waals surface area contributed by atoms with Crippen molar-refractivity contribution >= 4 is 11.6 Å². The summed E-state index contributed by atoms with van der Waals surface area (Å²) in [5.74, 6) is 3.42. The highest BCUT2D eigenvalue weighted by molar-refractivity contribution is 5.48. The standard InChI is InChI=1S/C16H22N4O/c1-12-18-15(17-11-14-8-5-9-21-14)10-16(19-12)20-13-6-3-2-4-7-13/h5,8-10,13H,2-4,6-7,11H2,1H3,(H2,17,18,19,20). The van der Waals surface area contributed by atoms with E-state index in [1.165, 1.54) is 32.1 Å². The molecule has 5 nitrogen and oxygen atoms in total. The quantitative estimate of drug-likeness (QED) is 0.876. The van der Waals surface area contributed by atoms with Crippen molar-refractivity contribution < 1.29 is 4.42 Å². The number of anilines is 2. The van der Waals surface area contributed by atoms with Crippen molar-refractivity contribution in [3.8, 4) is 0 Å². The summed E-state index contributed by atoms with van der Waals surface area (Å²) in [7, 11) is 0. The van der Waals surface area contributed by atoms with Crippen LogP contribution in [0.15, 0.2) is 28.9 Å². The van der Waals surface area contributed by atoms with Crippen LogP contribution in [0.3, 0.4) is 0 Å². The molecule has 0 aliphatic heterocycles. The molecule has 1 aliphatic carbocycles. The van der Waals surface area contributed by atoms with E-state index in [4.69, 9.17) is 4.42 Å². The van der Waals surface area contributed by atoms with Gasteiger partial charge in [-0.2, -0.15) is 0 Å². The summed E-state index contributed by atoms with van der Waals surface area (Å²) < 4.78 is 5.32. The van der Waals surface area contributed by atoms with Gasteiger partial charge >= 0.3 is 0 Å². The Labute approximate surface area is 125 Å². The van der Waals surface area contributed by atoms with Gasteiger partial charge in [-0.25, -0.2) is 9.97 Å². The van der Waals surface area contributed by atoms with Gasteiger partial charge < -0.3 is 15.1 Å². The predicted octanol–water partition coefficient (Wildman–Crippen LogP) is 3.73. The topological polar surface area (TPSA) is 63.0 Å². The van der Waals surface area contributed by atoms with Crippen molar-refractivity contribution in [2.24, 2.45) is 0 Å². The summed E-state index contributed by atoms with van der Waals surface area (Å²) in [4.78, 5) is 8.91. The molecule has 1 fully saturated rings. The zero-order valence-electron chi connectivity index (χ0n) is 12.4. The van der Waals surface area contributed by atoms with Crippen LogP contribution in [0.5, 0.6) is 0 Å². The van der Waals surface area contributed by atoms with Gasteiger partial charge in [-0.15, -0.1) is 0 Å². The number of nitrogens with zero attached hydrogens (tertiary/aromatic N) is 2. The lowest BCUT2D eigenvalue weighted by molar-refractivity contribution is 0.461. The summed E-state index contributed by atoms with van der Waals surface area (Å²) in [6, 6.07) is 6.36. The molecule has 0 saturated heterocycles. The molecular weight excluding hydrogens is 264 g/mol. The van der Waals surface area contributed by atoms with E-state index in [1.54, 1.807) is 6.26 Å². The highest BCUT2D eigenvalue weighted by Crippen LogP contribution is 2.22. The lowest BCUT2D eigenvalue weighted by atomic mass is 9.95. The molecule has 112 valence electrons. The van der Waals surface area contributed by atoms with Crippen LogP contribution in [-0.4, -0.2) is 16.0 Å². The number of nitrogens with one attached hydrogen (secondary N) is 2. The Kier molecular flexibility index (Phi) is 4.38. The number of furan rings is 1. The predicted molar refractivity (Wildman–Crippen MR) is 83.3 cm³/mol. The van der Waals surface area contributed by atoms with Crippen LogP contribution in [0.2, 0.25) is 0 Å². The average molecular weight is 286 g/mol. The molecule has 5 heteroatoms. The van der Waals surface area contributed by atoms with Crippen LogP contribution in [0.4, 0.5) is 11.6 Å². The molecule has 0 radical (unpaired) electrons. The smallest absolute Gasteiger partial charge is 0.132 e. The molecular formula is C16H22N4O. The van der Waals surface area contributed by atoms with E-state index in [0.29, 0.717) is 12.6 Å². The Morgan fingerprint density at radius 2 is 2.00 bits per heavy atom. The zero-order chi connectivity index (χ0) is 14.5. The molecule has 0 bridgehead atoms. The first-order valence-electron chi connectivity index (χ1n) is 7.68. The van der Waals surface area contributed by atoms with Gasteiger partial charge in [0.15, 0.2) is 0 Å². The van der Waals surface area contributed by atoms with Gasteiger partial charge in [-0.05, 0) is 31.9 Å². The van der Waals surface area contributed by atoms with Crippen LogP contribution < -0.4 is 10.6 Å². The van der Waals surface area contributed by atoms with Gasteiger partial charge in [0.2, 0.25) is 0 Å². The van der Waals surface area contributed by atoms with Crippen LogP contribution >= 0.6 is 0 Å². The largest absolute Gasteiger partial charge is 0.467 e. The third-order valence-corrected chi connectivity index (χ3v) is 3.82. The minimum Gasteiger partial charge on any atom is -0.467 e. The fourth-order valence-corrected chi connectivity index (χ4v) is 2.78. The monoisotopic (exact) mass is 286 g/mol. The number of aryl methyl sites for hydroxylation is 1. The number of hydrogen-bond acceptors (Lipinski definition) is 5. The van der Waals surface area contributed by atoms with Crippen molar-refractivity contribution in [2.75, 3.05) is 10.6 Å². The first-order valence-corrected chi connectivity index (χ1v) is 7.68. The van der Waals surface area contributed by atoms with Gasteiger partial charge in [-0.3, -0.25) is 0 Å². The van der Waals surface area contributed by atoms with E-state index in [0.717, 1.165) is 23.2 Å². The van der Waals surface area contributed by atoms with Crippen LogP contribution in [-0.2, 0) is 6.54 Å². The molecule has 3 rings (SSSR count). The van der Waals surface area contributed by atoms with Crippen molar-refractivity contribution in [2.45, 2.75) is 51.6 Å². The lowest BCUT2D eigenvalue weighted by Crippen LogP contribution is -2.23. The average Bonchev–Trinajstić information content (AvgIpc) is 2.99. The fourth-order valence-electron chi connectivity index (χ4n) is 2.78. The van der Waals surface area contributed by atoms with E-state index in [9.17, 15) is 0 Å². The normalized spacial score (nSPS) is 15.9. The van der Waals surface area contributed by atoms with Crippen molar-refractivity contribution in [3.05, 3.63) is 36.0 Å². The van der Waals surface area contributed by atoms with E-state index in [2.05, 4.69) is 20.6 Å². The summed E-state index contributed by atoms with van der Waals surface area (Å²) in [6.45, 7) is 2.55. The van der Waals surface area contributed by atoms with Crippen molar-refractivity contribution in [1.29, 1.82) is 0 Å². The minimum atomic E-state index is 0.547. The SMILES string of the molecule is Cc1nc(NCc2ccco2)cc(NC2CCCCC2)n1. The summed E-state index contributed by atoms with van der Waals surface area (Å²) in [6.07, 6.45) is 8.13. The number of aromatic nitrogens is 2. The molecule has 0 aromatic carbocycles. The van der Waals surface area contributed by atoms with Crippen LogP contribution in [0.1, 0.15) is 43.7 Å². The van der Waals surface area contributed by atoms with Gasteiger partial charge in [0.05, 0.1) is 12.8 Å². The van der Waals surface area contributed by atoms with E-state index in [-0.39, 0.29) is 0 Å². The maximum absolute atomic E-state index is 5.32. The second kappa shape index (κ2) is 6.61. The molecule has 2 heterocycles. The molecule has 0 amide bonds. The molecule has 0 unspecified atom stereocenters. The van der Waals surface area contributed by atoms with Gasteiger partial charge in [0.25, 0.3) is 0 Å². The van der Waals surface area contributed by atoms with Crippen molar-refractivity contribution in [3.63, 3.8) is 0 Å². The highest BCUT2D eigenvalue weighted by Gasteiger charge is 2.14. The third kappa shape index (κ3) is 3.97. The molecule has 2 aromatic rings. The second-order valence-corrected chi connectivity index (χ2v) is 5.60. The Bertz CT molecular complexity index is 562. The molecule has 0 spiro atoms. The first-order chi connectivity index (χ1) is 10.3. The Hall–Kier alpha value is -2.04. The third-order valence-electron chi connectivity index (χ3n) is 3.82. The molecule has 1 aliphatic rings. The van der Waals surface area contributed by atoms with Crippen LogP contribution in [0, 0.1) is 6.92 Å². The molecule has 21 heavy (non-hydrogen) atoms. The fraction of sp³-hybridized carbons (Fsp3) is 0.500. The van der Waals surface area contributed by atoms with Gasteiger partial charge in [0.1, 0.15) is 23.2 Å². The van der Waals surface area contributed by atoms with Crippen molar-refractivity contribution in [1.82, 2.24) is 9.97 Å². The van der Waals surface area contributed by atoms with Gasteiger partial charge in [-0.1, -0.05) is 19.3 Å². The second-order valence-electron chi connectivity index (χ2n) is 5.60. The summed E-state index contributed by atoms with van der Waals surface area (Å²) in [5, 5.41) is 6.82. The lowest BCUT2D eigenvalue weighted by Gasteiger charge is -2.23. The van der Waals surface area contributed by atoms with Crippen LogP contribution in [0.25, 0.3) is 0 Å². The molecule has 2 aromatic heterocycles. The van der Waals surface area contributed by atoms with E-state index in [1.807, 2.05) is 25.1 Å². The molecule has 0 atom stereocenters. The molecule has 1 saturated carbocycles. The maximum Gasteiger partial charge on any atom is 0.132 e. The Morgan fingerprint density at radius 1 is 1.19 bits per heavy atom. The van der Waals surface area contributed by atoms with E-state index < -0.39 is 0 Å². The first kappa shape index (κ1) is 13.9.